The van der Waals surface area contributed by atoms with Gasteiger partial charge in [0.15, 0.2) is 0 Å². The van der Waals surface area contributed by atoms with Crippen molar-refractivity contribution in [3.63, 3.8) is 0 Å². The predicted octanol–water partition coefficient (Wildman–Crippen LogP) is 5.16. The number of benzene rings is 1. The zero-order valence-electron chi connectivity index (χ0n) is 17.1. The van der Waals surface area contributed by atoms with Crippen LogP contribution in [0.4, 0.5) is 31.1 Å². The minimum atomic E-state index is -4.86. The Hall–Kier alpha value is -2.45. The van der Waals surface area contributed by atoms with Crippen LogP contribution < -0.4 is 5.32 Å². The van der Waals surface area contributed by atoms with Crippen LogP contribution in [0.3, 0.4) is 0 Å². The number of allylic oxidation sites excluding steroid dienone is 1. The van der Waals surface area contributed by atoms with Crippen LogP contribution in [0.2, 0.25) is 0 Å². The molecule has 2 saturated heterocycles. The minimum absolute atomic E-state index is 0.0506. The summed E-state index contributed by atoms with van der Waals surface area (Å²) in [5, 5.41) is 2.41. The van der Waals surface area contributed by atoms with Crippen molar-refractivity contribution in [2.75, 3.05) is 19.6 Å². The van der Waals surface area contributed by atoms with Crippen molar-refractivity contribution in [2.45, 2.75) is 25.3 Å². The number of nitrogens with one attached hydrogen (secondary N) is 1. The summed E-state index contributed by atoms with van der Waals surface area (Å²) in [5.41, 5.74) is -2.70. The maximum Gasteiger partial charge on any atom is 0.416 e. The highest BCUT2D eigenvalue weighted by Crippen LogP contribution is 2.54. The molecule has 0 bridgehead atoms. The van der Waals surface area contributed by atoms with Gasteiger partial charge in [0.2, 0.25) is 0 Å². The Morgan fingerprint density at radius 2 is 1.88 bits per heavy atom. The van der Waals surface area contributed by atoms with Gasteiger partial charge in [-0.1, -0.05) is 18.1 Å². The third-order valence-corrected chi connectivity index (χ3v) is 7.01. The molecule has 1 N–H and O–H groups in total. The Morgan fingerprint density at radius 3 is 2.48 bits per heavy atom. The van der Waals surface area contributed by atoms with Crippen molar-refractivity contribution >= 4 is 22.8 Å². The van der Waals surface area contributed by atoms with Gasteiger partial charge in [0.25, 0.3) is 5.24 Å². The van der Waals surface area contributed by atoms with Crippen LogP contribution in [0.1, 0.15) is 23.1 Å². The van der Waals surface area contributed by atoms with E-state index in [1.165, 1.54) is 0 Å². The lowest BCUT2D eigenvalue weighted by molar-refractivity contribution is -0.143. The van der Waals surface area contributed by atoms with Crippen molar-refractivity contribution in [1.29, 1.82) is 0 Å². The first-order valence-electron chi connectivity index (χ1n) is 10.1. The van der Waals surface area contributed by atoms with Crippen LogP contribution in [0.25, 0.3) is 0 Å². The second kappa shape index (κ2) is 8.72. The van der Waals surface area contributed by atoms with Crippen LogP contribution in [0, 0.1) is 30.1 Å². The number of aliphatic imine (C=N–C) groups is 1. The first kappa shape index (κ1) is 23.7. The number of likely N-dealkylation sites (tertiary alicyclic amines) is 1. The summed E-state index contributed by atoms with van der Waals surface area (Å²) in [7, 11) is 0. The molecule has 33 heavy (non-hydrogen) atoms. The molecule has 1 aromatic rings. The minimum Gasteiger partial charge on any atom is -0.300 e. The van der Waals surface area contributed by atoms with E-state index in [0.29, 0.717) is 49.2 Å². The molecular formula is C22H19F6N3OS. The zero-order valence-corrected chi connectivity index (χ0v) is 17.9. The SMILES string of the molecule is C#CCN=C1NC(=O)S/C1=C\CC1[C@H]2CN(Cc3ccc(C(F)(F)F)cc3C(F)(F)F)C[C@@H]12. The summed E-state index contributed by atoms with van der Waals surface area (Å²) in [6.07, 6.45) is -1.86. The Kier molecular flexibility index (Phi) is 6.26. The molecule has 11 heteroatoms. The quantitative estimate of drug-likeness (QED) is 0.461. The van der Waals surface area contributed by atoms with Crippen molar-refractivity contribution in [3.8, 4) is 12.3 Å². The summed E-state index contributed by atoms with van der Waals surface area (Å²) in [5.74, 6) is 3.82. The number of hydrogen-bond acceptors (Lipinski definition) is 4. The molecule has 2 heterocycles. The van der Waals surface area contributed by atoms with Gasteiger partial charge in [0.05, 0.1) is 16.0 Å². The maximum atomic E-state index is 13.4. The molecule has 3 aliphatic rings. The number of carbonyl (C=O) groups is 1. The van der Waals surface area contributed by atoms with E-state index < -0.39 is 23.5 Å². The van der Waals surface area contributed by atoms with E-state index in [1.54, 1.807) is 0 Å². The number of alkyl halides is 6. The van der Waals surface area contributed by atoms with E-state index in [1.807, 2.05) is 11.0 Å². The molecule has 1 amide bonds. The smallest absolute Gasteiger partial charge is 0.300 e. The van der Waals surface area contributed by atoms with Gasteiger partial charge in [-0.15, -0.1) is 6.42 Å². The average molecular weight is 487 g/mol. The topological polar surface area (TPSA) is 44.7 Å². The van der Waals surface area contributed by atoms with Gasteiger partial charge in [0.1, 0.15) is 12.4 Å². The number of amides is 1. The van der Waals surface area contributed by atoms with Crippen LogP contribution >= 0.6 is 11.8 Å². The van der Waals surface area contributed by atoms with Crippen molar-refractivity contribution < 1.29 is 31.1 Å². The predicted molar refractivity (Wildman–Crippen MR) is 112 cm³/mol. The van der Waals surface area contributed by atoms with Gasteiger partial charge in [-0.25, -0.2) is 0 Å². The van der Waals surface area contributed by atoms with Gasteiger partial charge in [-0.3, -0.25) is 14.7 Å². The Labute approximate surface area is 190 Å². The molecular weight excluding hydrogens is 468 g/mol. The third-order valence-electron chi connectivity index (χ3n) is 6.14. The van der Waals surface area contributed by atoms with Gasteiger partial charge in [-0.2, -0.15) is 26.3 Å². The number of nitrogens with zero attached hydrogens (tertiary/aromatic N) is 2. The highest BCUT2D eigenvalue weighted by molar-refractivity contribution is 8.18. The number of thioether (sulfide) groups is 1. The lowest BCUT2D eigenvalue weighted by Crippen LogP contribution is -2.26. The molecule has 1 saturated carbocycles. The summed E-state index contributed by atoms with van der Waals surface area (Å²) in [6, 6.07) is 1.81. The number of amidine groups is 1. The molecule has 0 spiro atoms. The number of piperidine rings is 1. The summed E-state index contributed by atoms with van der Waals surface area (Å²) in [6.45, 7) is 1.27. The molecule has 3 atom stereocenters. The first-order chi connectivity index (χ1) is 15.5. The molecule has 1 aromatic carbocycles. The van der Waals surface area contributed by atoms with Gasteiger partial charge in [0, 0.05) is 19.6 Å². The van der Waals surface area contributed by atoms with E-state index in [4.69, 9.17) is 6.42 Å². The van der Waals surface area contributed by atoms with Crippen molar-refractivity contribution in [1.82, 2.24) is 10.2 Å². The number of rotatable bonds is 5. The van der Waals surface area contributed by atoms with Gasteiger partial charge in [-0.05, 0) is 53.6 Å². The number of terminal acetylenes is 1. The Balaban J connectivity index is 1.37. The number of carbonyl (C=O) groups excluding carboxylic acids is 1. The van der Waals surface area contributed by atoms with Crippen LogP contribution in [0.15, 0.2) is 34.2 Å². The van der Waals surface area contributed by atoms with Gasteiger partial charge >= 0.3 is 12.4 Å². The Morgan fingerprint density at radius 1 is 1.18 bits per heavy atom. The highest BCUT2D eigenvalue weighted by atomic mass is 32.2. The number of hydrogen-bond donors (Lipinski definition) is 1. The maximum absolute atomic E-state index is 13.4. The van der Waals surface area contributed by atoms with Crippen LogP contribution in [0.5, 0.6) is 0 Å². The molecule has 3 fully saturated rings. The van der Waals surface area contributed by atoms with Crippen LogP contribution in [-0.4, -0.2) is 35.6 Å². The monoisotopic (exact) mass is 487 g/mol. The Bertz CT molecular complexity index is 1040. The third kappa shape index (κ3) is 5.22. The highest BCUT2D eigenvalue weighted by Gasteiger charge is 2.54. The second-order valence-corrected chi connectivity index (χ2v) is 9.26. The fourth-order valence-corrected chi connectivity index (χ4v) is 5.31. The van der Waals surface area contributed by atoms with Gasteiger partial charge < -0.3 is 5.32 Å². The molecule has 0 aromatic heterocycles. The molecule has 2 aliphatic heterocycles. The summed E-state index contributed by atoms with van der Waals surface area (Å²) in [4.78, 5) is 18.3. The molecule has 1 aliphatic carbocycles. The molecule has 176 valence electrons. The van der Waals surface area contributed by atoms with E-state index in [2.05, 4.69) is 16.2 Å². The van der Waals surface area contributed by atoms with Crippen molar-refractivity contribution in [3.05, 3.63) is 45.9 Å². The number of halogens is 6. The van der Waals surface area contributed by atoms with Crippen molar-refractivity contribution in [2.24, 2.45) is 22.7 Å². The molecule has 1 unspecified atom stereocenters. The average Bonchev–Trinajstić information content (AvgIpc) is 3.03. The van der Waals surface area contributed by atoms with E-state index in [9.17, 15) is 31.1 Å². The molecule has 0 radical (unpaired) electrons. The van der Waals surface area contributed by atoms with E-state index in [-0.39, 0.29) is 30.0 Å². The number of fused-ring (bicyclic) bond motifs is 1. The fourth-order valence-electron chi connectivity index (χ4n) is 4.57. The summed E-state index contributed by atoms with van der Waals surface area (Å²) < 4.78 is 78.7. The fraction of sp³-hybridized carbons (Fsp3) is 0.455. The molecule has 4 rings (SSSR count). The van der Waals surface area contributed by atoms with Crippen LogP contribution in [-0.2, 0) is 18.9 Å². The second-order valence-electron chi connectivity index (χ2n) is 8.24. The standard InChI is InChI=1S/C22H19F6N3OS/c1-2-7-29-19-18(33-20(32)30-19)6-5-14-15-10-31(11-16(14)15)9-12-3-4-13(21(23,24)25)8-17(12)22(26,27)28/h1,3-4,6,8,14-16H,5,7,9-11H2,(H,29,30,32)/b18-6-/t14?,15-,16+. The largest absolute Gasteiger partial charge is 0.416 e. The molecule has 4 nitrogen and oxygen atoms in total. The summed E-state index contributed by atoms with van der Waals surface area (Å²) >= 11 is 1.05. The lowest BCUT2D eigenvalue weighted by atomic mass is 10.0. The normalized spacial score (nSPS) is 27.7. The lowest BCUT2D eigenvalue weighted by Gasteiger charge is -2.22. The first-order valence-corrected chi connectivity index (χ1v) is 11.0. The van der Waals surface area contributed by atoms with E-state index in [0.717, 1.165) is 22.7 Å². The zero-order chi connectivity index (χ0) is 24.0. The van der Waals surface area contributed by atoms with E-state index >= 15 is 0 Å².